The van der Waals surface area contributed by atoms with E-state index in [0.29, 0.717) is 18.6 Å². The Hall–Kier alpha value is -0.530. The molecule has 0 aliphatic rings. The Morgan fingerprint density at radius 2 is 1.80 bits per heavy atom. The predicted molar refractivity (Wildman–Crippen MR) is 101 cm³/mol. The fraction of sp³-hybridized carbons (Fsp3) is 0.562. The van der Waals surface area contributed by atoms with Crippen LogP contribution in [0.3, 0.4) is 0 Å². The van der Waals surface area contributed by atoms with Crippen LogP contribution in [0.2, 0.25) is 0 Å². The molecule has 0 saturated carbocycles. The van der Waals surface area contributed by atoms with Gasteiger partial charge in [-0.2, -0.15) is 8.42 Å². The lowest BCUT2D eigenvalue weighted by atomic mass is 10.1. The summed E-state index contributed by atoms with van der Waals surface area (Å²) in [6.45, 7) is 1.91. The maximum atomic E-state index is 11.6. The molecule has 9 heteroatoms. The van der Waals surface area contributed by atoms with Gasteiger partial charge in [-0.1, -0.05) is 47.6 Å². The second kappa shape index (κ2) is 10.6. The smallest absolute Gasteiger partial charge is 0.267 e. The fourth-order valence-electron chi connectivity index (χ4n) is 2.04. The highest BCUT2D eigenvalue weighted by molar-refractivity contribution is 7.86. The van der Waals surface area contributed by atoms with Crippen LogP contribution in [0.1, 0.15) is 41.6 Å². The number of hydrogen-bond donors (Lipinski definition) is 0. The third-order valence-corrected chi connectivity index (χ3v) is 4.88. The van der Waals surface area contributed by atoms with E-state index in [1.54, 1.807) is 18.2 Å². The van der Waals surface area contributed by atoms with Gasteiger partial charge < -0.3 is 4.74 Å². The van der Waals surface area contributed by atoms with E-state index < -0.39 is 20.5 Å². The van der Waals surface area contributed by atoms with E-state index in [2.05, 4.69) is 4.18 Å². The van der Waals surface area contributed by atoms with E-state index in [0.717, 1.165) is 36.9 Å². The van der Waals surface area contributed by atoms with Crippen molar-refractivity contribution in [2.24, 2.45) is 0 Å². The van der Waals surface area contributed by atoms with Crippen LogP contribution in [-0.4, -0.2) is 37.5 Å². The molecule has 0 amide bonds. The maximum Gasteiger partial charge on any atom is 0.267 e. The summed E-state index contributed by atoms with van der Waals surface area (Å²) < 4.78 is 31.7. The van der Waals surface area contributed by atoms with Crippen LogP contribution < -0.4 is 4.74 Å². The highest BCUT2D eigenvalue weighted by Gasteiger charge is 2.24. The van der Waals surface area contributed by atoms with Gasteiger partial charge in [0.1, 0.15) is 18.6 Å². The topological polar surface area (TPSA) is 69.7 Å². The molecule has 0 saturated heterocycles. The molecule has 1 aromatic rings. The number of halogens is 3. The van der Waals surface area contributed by atoms with Crippen molar-refractivity contribution < 1.29 is 22.1 Å². The molecule has 0 aliphatic heterocycles. The molecule has 0 fully saturated rings. The molecule has 0 heterocycles. The molecule has 142 valence electrons. The van der Waals surface area contributed by atoms with Crippen LogP contribution in [0, 0.1) is 6.92 Å². The van der Waals surface area contributed by atoms with Crippen LogP contribution in [-0.2, 0) is 14.3 Å². The summed E-state index contributed by atoms with van der Waals surface area (Å²) in [7, 11) is -3.68. The van der Waals surface area contributed by atoms with Crippen molar-refractivity contribution in [2.45, 2.75) is 36.4 Å². The molecule has 0 atom stereocenters. The number of hydrogen-bond acceptors (Lipinski definition) is 5. The molecule has 0 N–H and O–H groups in total. The number of rotatable bonds is 11. The van der Waals surface area contributed by atoms with E-state index >= 15 is 0 Å². The average molecular weight is 432 g/mol. The van der Waals surface area contributed by atoms with Gasteiger partial charge >= 0.3 is 0 Å². The van der Waals surface area contributed by atoms with E-state index in [4.69, 9.17) is 39.5 Å². The van der Waals surface area contributed by atoms with E-state index in [-0.39, 0.29) is 5.75 Å². The second-order valence-electron chi connectivity index (χ2n) is 5.54. The third-order valence-electron chi connectivity index (χ3n) is 3.28. The molecule has 0 unspecified atom stereocenters. The molecule has 25 heavy (non-hydrogen) atoms. The molecular formula is C16H21Cl3O5S. The molecule has 5 nitrogen and oxygen atoms in total. The quantitative estimate of drug-likeness (QED) is 0.224. The van der Waals surface area contributed by atoms with Gasteiger partial charge in [-0.25, -0.2) is 0 Å². The minimum absolute atomic E-state index is 0.110. The van der Waals surface area contributed by atoms with Crippen molar-refractivity contribution in [3.63, 3.8) is 0 Å². The third kappa shape index (κ3) is 10.3. The number of unbranched alkanes of at least 4 members (excludes halogenated alkanes) is 3. The maximum absolute atomic E-state index is 11.6. The van der Waals surface area contributed by atoms with Crippen molar-refractivity contribution in [1.82, 2.24) is 0 Å². The predicted octanol–water partition coefficient (Wildman–Crippen LogP) is 4.46. The summed E-state index contributed by atoms with van der Waals surface area (Å²) in [6, 6.07) is 5.25. The largest absolute Gasteiger partial charge is 0.493 e. The van der Waals surface area contributed by atoms with Gasteiger partial charge in [0.2, 0.25) is 3.79 Å². The molecule has 0 bridgehead atoms. The Labute approximate surface area is 163 Å². The minimum atomic E-state index is -3.68. The lowest BCUT2D eigenvalue weighted by Gasteiger charge is -2.11. The first-order valence-electron chi connectivity index (χ1n) is 7.75. The summed E-state index contributed by atoms with van der Waals surface area (Å²) in [6.07, 6.45) is 3.61. The fourth-order valence-corrected chi connectivity index (χ4v) is 3.43. The Morgan fingerprint density at radius 1 is 1.12 bits per heavy atom. The highest BCUT2D eigenvalue weighted by atomic mass is 35.6. The van der Waals surface area contributed by atoms with Crippen LogP contribution in [0.15, 0.2) is 18.2 Å². The van der Waals surface area contributed by atoms with Gasteiger partial charge in [-0.15, -0.1) is 0 Å². The summed E-state index contributed by atoms with van der Waals surface area (Å²) in [5, 5.41) is 0. The monoisotopic (exact) mass is 430 g/mol. The summed E-state index contributed by atoms with van der Waals surface area (Å²) >= 11 is 16.3. The first-order valence-corrected chi connectivity index (χ1v) is 10.5. The molecular weight excluding hydrogens is 411 g/mol. The summed E-state index contributed by atoms with van der Waals surface area (Å²) in [5.74, 6) is 0.634. The number of alkyl halides is 3. The number of carbonyl (C=O) groups is 1. The van der Waals surface area contributed by atoms with Crippen molar-refractivity contribution >= 4 is 51.2 Å². The summed E-state index contributed by atoms with van der Waals surface area (Å²) in [4.78, 5) is 10.7. The van der Waals surface area contributed by atoms with E-state index in [1.807, 2.05) is 6.92 Å². The normalized spacial score (nSPS) is 12.2. The van der Waals surface area contributed by atoms with Crippen LogP contribution in [0.5, 0.6) is 5.75 Å². The number of carbonyl (C=O) groups excluding carboxylic acids is 1. The number of ether oxygens (including phenoxy) is 1. The van der Waals surface area contributed by atoms with Crippen molar-refractivity contribution in [1.29, 1.82) is 0 Å². The van der Waals surface area contributed by atoms with Crippen molar-refractivity contribution in [3.05, 3.63) is 29.3 Å². The Bertz CT molecular complexity index is 656. The summed E-state index contributed by atoms with van der Waals surface area (Å²) in [5.41, 5.74) is 1.52. The van der Waals surface area contributed by atoms with Gasteiger partial charge in [0.05, 0.1) is 12.4 Å². The number of benzene rings is 1. The Kier molecular flexibility index (Phi) is 9.52. The molecule has 1 rings (SSSR count). The highest BCUT2D eigenvalue weighted by Crippen LogP contribution is 2.26. The lowest BCUT2D eigenvalue weighted by molar-refractivity contribution is 0.112. The zero-order chi connectivity index (χ0) is 18.9. The first-order chi connectivity index (χ1) is 11.6. The van der Waals surface area contributed by atoms with Crippen molar-refractivity contribution in [3.8, 4) is 5.75 Å². The Morgan fingerprint density at radius 3 is 2.40 bits per heavy atom. The molecule has 0 radical (unpaired) electrons. The van der Waals surface area contributed by atoms with E-state index in [9.17, 15) is 13.2 Å². The van der Waals surface area contributed by atoms with Crippen molar-refractivity contribution in [2.75, 3.05) is 19.0 Å². The van der Waals surface area contributed by atoms with Gasteiger partial charge in [-0.3, -0.25) is 8.98 Å². The van der Waals surface area contributed by atoms with Gasteiger partial charge in [-0.05, 0) is 43.5 Å². The van der Waals surface area contributed by atoms with Gasteiger partial charge in [0, 0.05) is 5.56 Å². The molecule has 0 aliphatic carbocycles. The first kappa shape index (κ1) is 22.5. The molecule has 1 aromatic carbocycles. The molecule has 0 spiro atoms. The Balaban J connectivity index is 2.17. The second-order valence-corrected chi connectivity index (χ2v) is 9.82. The standard InChI is InChI=1S/C16H21Cl3O5S/c1-13-10-14(11-20)6-7-15(13)23-8-4-2-3-5-9-25(21,22)24-12-16(17,18)19/h6-7,10-11H,2-5,8-9,12H2,1H3. The number of aldehydes is 1. The van der Waals surface area contributed by atoms with Crippen LogP contribution >= 0.6 is 34.8 Å². The minimum Gasteiger partial charge on any atom is -0.493 e. The average Bonchev–Trinajstić information content (AvgIpc) is 2.52. The number of aryl methyl sites for hydroxylation is 1. The van der Waals surface area contributed by atoms with Gasteiger partial charge in [0.25, 0.3) is 10.1 Å². The van der Waals surface area contributed by atoms with E-state index in [1.165, 1.54) is 0 Å². The van der Waals surface area contributed by atoms with Gasteiger partial charge in [0.15, 0.2) is 0 Å². The zero-order valence-corrected chi connectivity index (χ0v) is 16.9. The zero-order valence-electron chi connectivity index (χ0n) is 13.8. The lowest BCUT2D eigenvalue weighted by Crippen LogP contribution is -2.19. The van der Waals surface area contributed by atoms with Crippen LogP contribution in [0.25, 0.3) is 0 Å². The van der Waals surface area contributed by atoms with Crippen LogP contribution in [0.4, 0.5) is 0 Å². The SMILES string of the molecule is Cc1cc(C=O)ccc1OCCCCCCS(=O)(=O)OCC(Cl)(Cl)Cl. The molecule has 0 aromatic heterocycles.